The molecule has 2 N–H and O–H groups in total. The van der Waals surface area contributed by atoms with Crippen LogP contribution in [0.5, 0.6) is 0 Å². The van der Waals surface area contributed by atoms with E-state index in [4.69, 9.17) is 14.7 Å². The number of carbonyl (C=O) groups excluding carboxylic acids is 1. The number of methoxy groups -OCH3 is 1. The summed E-state index contributed by atoms with van der Waals surface area (Å²) in [5.41, 5.74) is 14.3. The van der Waals surface area contributed by atoms with Crippen LogP contribution in [0.3, 0.4) is 0 Å². The number of aromatic amines is 2. The molecule has 0 spiro atoms. The van der Waals surface area contributed by atoms with Gasteiger partial charge in [-0.25, -0.2) is 9.78 Å². The average Bonchev–Trinajstić information content (AvgIpc) is 4.04. The zero-order valence-corrected chi connectivity index (χ0v) is 31.9. The van der Waals surface area contributed by atoms with Crippen molar-refractivity contribution in [3.8, 4) is 44.5 Å². The Bertz CT molecular complexity index is 2690. The van der Waals surface area contributed by atoms with E-state index < -0.39 is 5.97 Å². The molecule has 0 atom stereocenters. The monoisotopic (exact) mass is 735 g/mol. The molecule has 9 rings (SSSR count). The van der Waals surface area contributed by atoms with Crippen LogP contribution in [0.2, 0.25) is 0 Å². The van der Waals surface area contributed by atoms with Gasteiger partial charge >= 0.3 is 5.97 Å². The van der Waals surface area contributed by atoms with E-state index in [-0.39, 0.29) is 19.5 Å². The number of ether oxygens (including phenoxy) is 1. The fourth-order valence-electron chi connectivity index (χ4n) is 7.12. The Morgan fingerprint density at radius 3 is 1.51 bits per heavy atom. The predicted octanol–water partition coefficient (Wildman–Crippen LogP) is 10.9. The van der Waals surface area contributed by atoms with Crippen LogP contribution in [0, 0.1) is 6.07 Å². The fourth-order valence-corrected chi connectivity index (χ4v) is 7.12. The number of H-pyrrole nitrogens is 2. The predicted molar refractivity (Wildman–Crippen MR) is 211 cm³/mol. The second-order valence-electron chi connectivity index (χ2n) is 12.6. The molecule has 7 aromatic rings. The molecule has 250 valence electrons. The topological polar surface area (TPSA) is 83.7 Å². The Kier molecular flexibility index (Phi) is 9.09. The summed E-state index contributed by atoms with van der Waals surface area (Å²) in [5.74, 6) is -0.427. The second kappa shape index (κ2) is 14.3. The molecule has 2 aliphatic rings. The standard InChI is InChI=1S/C46H31N4O2.Zn/c1-52-46(51)33-20-12-11-19-32(33)45-40-27-25-38(49-40)43(30-15-7-3-8-16-30)36-23-21-34(47-36)42(29-13-5-2-6-14-29)35-22-24-37(48-35)44(31-17-9-4-10-18-31)39-26-28-41(45)50-39;/h2-25,27-28,47,50H,1H3;/q-1;. The van der Waals surface area contributed by atoms with Gasteiger partial charge < -0.3 is 14.7 Å². The second-order valence-corrected chi connectivity index (χ2v) is 12.6. The van der Waals surface area contributed by atoms with Gasteiger partial charge in [0.15, 0.2) is 0 Å². The number of fused-ring (bicyclic) bond motifs is 8. The SMILES string of the molecule is COC(=O)c1ccccc1-c1c2nc(c(-c3ccccc3)c3ccc([nH]3)c(-c3ccccc3)c3nc(c(-c4ccccc4)c4[c-]cc1[nH]4)C=C3)C=C2.[Zn]. The van der Waals surface area contributed by atoms with Crippen molar-refractivity contribution in [3.63, 3.8) is 0 Å². The maximum Gasteiger partial charge on any atom is 0.338 e. The Labute approximate surface area is 319 Å². The summed E-state index contributed by atoms with van der Waals surface area (Å²) in [6, 6.07) is 48.0. The van der Waals surface area contributed by atoms with Crippen molar-refractivity contribution in [1.82, 2.24) is 19.9 Å². The summed E-state index contributed by atoms with van der Waals surface area (Å²) in [7, 11) is 1.40. The molecule has 0 radical (unpaired) electrons. The largest absolute Gasteiger partial charge is 0.465 e. The number of esters is 1. The van der Waals surface area contributed by atoms with Gasteiger partial charge in [0.1, 0.15) is 0 Å². The van der Waals surface area contributed by atoms with Gasteiger partial charge in [-0.15, -0.1) is 0 Å². The van der Waals surface area contributed by atoms with Crippen LogP contribution in [-0.2, 0) is 24.2 Å². The van der Waals surface area contributed by atoms with E-state index in [9.17, 15) is 4.79 Å². The first-order valence-electron chi connectivity index (χ1n) is 17.1. The third-order valence-corrected chi connectivity index (χ3v) is 9.46. The van der Waals surface area contributed by atoms with E-state index in [0.717, 1.165) is 78.1 Å². The number of hydrogen-bond acceptors (Lipinski definition) is 4. The third-order valence-electron chi connectivity index (χ3n) is 9.46. The summed E-state index contributed by atoms with van der Waals surface area (Å²) in [5, 5.41) is 0. The van der Waals surface area contributed by atoms with E-state index >= 15 is 0 Å². The number of hydrogen-bond donors (Lipinski definition) is 2. The van der Waals surface area contributed by atoms with Crippen LogP contribution >= 0.6 is 0 Å². The maximum absolute atomic E-state index is 13.2. The van der Waals surface area contributed by atoms with Gasteiger partial charge in [-0.2, -0.15) is 12.1 Å². The number of nitrogens with one attached hydrogen (secondary N) is 2. The van der Waals surface area contributed by atoms with Crippen molar-refractivity contribution >= 4 is 52.3 Å². The molecule has 7 heteroatoms. The van der Waals surface area contributed by atoms with Gasteiger partial charge in [0.05, 0.1) is 29.8 Å². The smallest absolute Gasteiger partial charge is 0.338 e. The molecule has 4 aromatic carbocycles. The summed E-state index contributed by atoms with van der Waals surface area (Å²) in [6.07, 6.45) is 8.20. The molecule has 5 heterocycles. The van der Waals surface area contributed by atoms with Gasteiger partial charge in [-0.1, -0.05) is 131 Å². The molecule has 8 bridgehead atoms. The Morgan fingerprint density at radius 2 is 0.981 bits per heavy atom. The zero-order chi connectivity index (χ0) is 35.0. The van der Waals surface area contributed by atoms with Crippen LogP contribution < -0.4 is 0 Å². The number of carbonyl (C=O) groups is 1. The minimum Gasteiger partial charge on any atom is -0.465 e. The molecule has 0 amide bonds. The van der Waals surface area contributed by atoms with E-state index in [0.29, 0.717) is 16.8 Å². The molecule has 0 aliphatic carbocycles. The van der Waals surface area contributed by atoms with Crippen molar-refractivity contribution < 1.29 is 29.0 Å². The maximum atomic E-state index is 13.2. The summed E-state index contributed by atoms with van der Waals surface area (Å²) < 4.78 is 5.24. The van der Waals surface area contributed by atoms with E-state index in [1.807, 2.05) is 78.9 Å². The molecule has 0 fully saturated rings. The fraction of sp³-hybridized carbons (Fsp3) is 0.0217. The van der Waals surface area contributed by atoms with Gasteiger partial charge in [-0.3, -0.25) is 4.98 Å². The Hall–Kier alpha value is -6.43. The van der Waals surface area contributed by atoms with E-state index in [1.165, 1.54) is 7.11 Å². The summed E-state index contributed by atoms with van der Waals surface area (Å²) >= 11 is 0. The molecule has 0 saturated carbocycles. The molecular formula is C46H31N4O2Zn-. The Morgan fingerprint density at radius 1 is 0.528 bits per heavy atom. The molecule has 0 unspecified atom stereocenters. The van der Waals surface area contributed by atoms with Gasteiger partial charge in [0, 0.05) is 47.3 Å². The van der Waals surface area contributed by atoms with Crippen LogP contribution in [0.25, 0.3) is 90.9 Å². The quantitative estimate of drug-likeness (QED) is 0.105. The van der Waals surface area contributed by atoms with Crippen LogP contribution in [0.4, 0.5) is 0 Å². The average molecular weight is 737 g/mol. The van der Waals surface area contributed by atoms with Crippen molar-refractivity contribution in [1.29, 1.82) is 0 Å². The first-order valence-corrected chi connectivity index (χ1v) is 17.1. The van der Waals surface area contributed by atoms with Crippen LogP contribution in [-0.4, -0.2) is 33.0 Å². The van der Waals surface area contributed by atoms with E-state index in [2.05, 4.69) is 88.9 Å². The molecule has 53 heavy (non-hydrogen) atoms. The summed E-state index contributed by atoms with van der Waals surface area (Å²) in [6.45, 7) is 0. The van der Waals surface area contributed by atoms with Gasteiger partial charge in [0.25, 0.3) is 0 Å². The number of nitrogens with zero attached hydrogens (tertiary/aromatic N) is 2. The van der Waals surface area contributed by atoms with E-state index in [1.54, 1.807) is 6.07 Å². The normalized spacial score (nSPS) is 11.6. The molecule has 0 saturated heterocycles. The van der Waals surface area contributed by atoms with Gasteiger partial charge in [-0.05, 0) is 64.8 Å². The molecule has 2 aliphatic heterocycles. The molecule has 3 aromatic heterocycles. The van der Waals surface area contributed by atoms with Crippen molar-refractivity contribution in [2.75, 3.05) is 7.11 Å². The minimum absolute atomic E-state index is 0. The van der Waals surface area contributed by atoms with Gasteiger partial charge in [0.2, 0.25) is 0 Å². The number of aromatic nitrogens is 4. The third kappa shape index (κ3) is 6.15. The van der Waals surface area contributed by atoms with Crippen molar-refractivity contribution in [2.45, 2.75) is 0 Å². The first-order chi connectivity index (χ1) is 25.7. The number of rotatable bonds is 5. The minimum atomic E-state index is -0.427. The molecule has 6 nitrogen and oxygen atoms in total. The number of benzene rings is 4. The van der Waals surface area contributed by atoms with Crippen molar-refractivity contribution in [3.05, 3.63) is 168 Å². The first kappa shape index (κ1) is 33.7. The zero-order valence-electron chi connectivity index (χ0n) is 28.9. The van der Waals surface area contributed by atoms with Crippen LogP contribution in [0.1, 0.15) is 33.1 Å². The van der Waals surface area contributed by atoms with Crippen LogP contribution in [0.15, 0.2) is 133 Å². The van der Waals surface area contributed by atoms with Crippen molar-refractivity contribution in [2.24, 2.45) is 0 Å². The Balaban J connectivity index is 0.00000400. The molecular weight excluding hydrogens is 706 g/mol. The summed E-state index contributed by atoms with van der Waals surface area (Å²) in [4.78, 5) is 31.2.